The van der Waals surface area contributed by atoms with Gasteiger partial charge in [0, 0.05) is 12.5 Å². The summed E-state index contributed by atoms with van der Waals surface area (Å²) in [4.78, 5) is 4.82. The number of nitrogens with one attached hydrogen (secondary N) is 1. The molecule has 3 atom stereocenters. The molecular formula is C16H27N3O. The maximum absolute atomic E-state index is 5.71. The Labute approximate surface area is 121 Å². The lowest BCUT2D eigenvalue weighted by Crippen LogP contribution is -2.43. The SMILES string of the molecule is CCCC1(c2nc(C3CCC(C)C3)no2)CCCNC1. The summed E-state index contributed by atoms with van der Waals surface area (Å²) in [6.45, 7) is 6.67. The molecule has 2 fully saturated rings. The molecule has 0 aromatic carbocycles. The third-order valence-electron chi connectivity index (χ3n) is 5.16. The van der Waals surface area contributed by atoms with Crippen LogP contribution in [0, 0.1) is 5.92 Å². The van der Waals surface area contributed by atoms with Crippen LogP contribution in [-0.2, 0) is 5.41 Å². The van der Waals surface area contributed by atoms with Gasteiger partial charge in [-0.1, -0.05) is 25.4 Å². The Kier molecular flexibility index (Phi) is 4.11. The number of nitrogens with zero attached hydrogens (tertiary/aromatic N) is 2. The first-order valence-corrected chi connectivity index (χ1v) is 8.28. The summed E-state index contributed by atoms with van der Waals surface area (Å²) in [6.07, 6.45) is 8.44. The molecule has 1 aromatic heterocycles. The minimum Gasteiger partial charge on any atom is -0.339 e. The highest BCUT2D eigenvalue weighted by Gasteiger charge is 2.39. The molecule has 0 radical (unpaired) electrons. The van der Waals surface area contributed by atoms with Crippen molar-refractivity contribution in [3.63, 3.8) is 0 Å². The Hall–Kier alpha value is -0.900. The molecule has 4 nitrogen and oxygen atoms in total. The van der Waals surface area contributed by atoms with Crippen molar-refractivity contribution in [2.75, 3.05) is 13.1 Å². The fraction of sp³-hybridized carbons (Fsp3) is 0.875. The smallest absolute Gasteiger partial charge is 0.234 e. The van der Waals surface area contributed by atoms with Crippen LogP contribution >= 0.6 is 0 Å². The molecule has 1 aliphatic carbocycles. The molecular weight excluding hydrogens is 250 g/mol. The molecule has 2 heterocycles. The molecule has 2 aliphatic rings. The Morgan fingerprint density at radius 2 is 2.30 bits per heavy atom. The van der Waals surface area contributed by atoms with E-state index in [2.05, 4.69) is 24.3 Å². The standard InChI is InChI=1S/C16H27N3O/c1-3-7-16(8-4-9-17-11-16)15-18-14(19-20-15)13-6-5-12(2)10-13/h12-13,17H,3-11H2,1-2H3. The van der Waals surface area contributed by atoms with Crippen molar-refractivity contribution in [1.82, 2.24) is 15.5 Å². The second-order valence-corrected chi connectivity index (χ2v) is 6.88. The highest BCUT2D eigenvalue weighted by molar-refractivity contribution is 5.10. The van der Waals surface area contributed by atoms with Crippen LogP contribution in [0.15, 0.2) is 4.52 Å². The lowest BCUT2D eigenvalue weighted by Gasteiger charge is -2.34. The fourth-order valence-electron chi connectivity index (χ4n) is 4.01. The first-order chi connectivity index (χ1) is 9.73. The van der Waals surface area contributed by atoms with Crippen molar-refractivity contribution in [2.45, 2.75) is 70.1 Å². The third-order valence-corrected chi connectivity index (χ3v) is 5.16. The summed E-state index contributed by atoms with van der Waals surface area (Å²) >= 11 is 0. The molecule has 3 unspecified atom stereocenters. The quantitative estimate of drug-likeness (QED) is 0.916. The predicted octanol–water partition coefficient (Wildman–Crippen LogP) is 3.39. The zero-order valence-corrected chi connectivity index (χ0v) is 12.8. The molecule has 1 N–H and O–H groups in total. The number of hydrogen-bond acceptors (Lipinski definition) is 4. The van der Waals surface area contributed by atoms with Gasteiger partial charge in [-0.2, -0.15) is 4.98 Å². The predicted molar refractivity (Wildman–Crippen MR) is 78.7 cm³/mol. The zero-order valence-electron chi connectivity index (χ0n) is 12.8. The first kappa shape index (κ1) is 14.1. The van der Waals surface area contributed by atoms with Crippen LogP contribution in [0.4, 0.5) is 0 Å². The van der Waals surface area contributed by atoms with Gasteiger partial charge >= 0.3 is 0 Å². The van der Waals surface area contributed by atoms with Crippen LogP contribution in [0.25, 0.3) is 0 Å². The maximum Gasteiger partial charge on any atom is 0.234 e. The van der Waals surface area contributed by atoms with Gasteiger partial charge in [0.15, 0.2) is 5.82 Å². The second kappa shape index (κ2) is 5.84. The lowest BCUT2D eigenvalue weighted by atomic mass is 9.77. The van der Waals surface area contributed by atoms with E-state index in [1.807, 2.05) is 0 Å². The maximum atomic E-state index is 5.71. The summed E-state index contributed by atoms with van der Waals surface area (Å²) in [5, 5.41) is 7.84. The molecule has 0 bridgehead atoms. The van der Waals surface area contributed by atoms with Crippen molar-refractivity contribution in [3.05, 3.63) is 11.7 Å². The summed E-state index contributed by atoms with van der Waals surface area (Å²) in [5.41, 5.74) is 0.0858. The van der Waals surface area contributed by atoms with E-state index in [0.29, 0.717) is 5.92 Å². The van der Waals surface area contributed by atoms with E-state index in [0.717, 1.165) is 37.1 Å². The molecule has 0 amide bonds. The van der Waals surface area contributed by atoms with E-state index < -0.39 is 0 Å². The van der Waals surface area contributed by atoms with Gasteiger partial charge in [0.2, 0.25) is 5.89 Å². The van der Waals surface area contributed by atoms with Crippen LogP contribution < -0.4 is 5.32 Å². The van der Waals surface area contributed by atoms with E-state index in [1.165, 1.54) is 38.5 Å². The average molecular weight is 277 g/mol. The van der Waals surface area contributed by atoms with Crippen molar-refractivity contribution < 1.29 is 4.52 Å². The Morgan fingerprint density at radius 3 is 2.95 bits per heavy atom. The third kappa shape index (κ3) is 2.62. The molecule has 20 heavy (non-hydrogen) atoms. The molecule has 1 aliphatic heterocycles. The lowest BCUT2D eigenvalue weighted by molar-refractivity contribution is 0.212. The van der Waals surface area contributed by atoms with Crippen LogP contribution in [0.3, 0.4) is 0 Å². The highest BCUT2D eigenvalue weighted by Crippen LogP contribution is 2.39. The van der Waals surface area contributed by atoms with Crippen molar-refractivity contribution >= 4 is 0 Å². The molecule has 4 heteroatoms. The van der Waals surface area contributed by atoms with Crippen molar-refractivity contribution in [3.8, 4) is 0 Å². The van der Waals surface area contributed by atoms with Gasteiger partial charge in [-0.05, 0) is 51.0 Å². The highest BCUT2D eigenvalue weighted by atomic mass is 16.5. The van der Waals surface area contributed by atoms with Gasteiger partial charge < -0.3 is 9.84 Å². The van der Waals surface area contributed by atoms with E-state index in [-0.39, 0.29) is 5.41 Å². The molecule has 1 saturated carbocycles. The fourth-order valence-corrected chi connectivity index (χ4v) is 4.01. The van der Waals surface area contributed by atoms with Crippen molar-refractivity contribution in [1.29, 1.82) is 0 Å². The molecule has 112 valence electrons. The number of piperidine rings is 1. The van der Waals surface area contributed by atoms with E-state index >= 15 is 0 Å². The summed E-state index contributed by atoms with van der Waals surface area (Å²) < 4.78 is 5.71. The van der Waals surface area contributed by atoms with Gasteiger partial charge in [0.25, 0.3) is 0 Å². The number of aromatic nitrogens is 2. The first-order valence-electron chi connectivity index (χ1n) is 8.28. The zero-order chi connectivity index (χ0) is 14.0. The molecule has 1 aromatic rings. The Morgan fingerprint density at radius 1 is 1.40 bits per heavy atom. The van der Waals surface area contributed by atoms with Gasteiger partial charge in [0.1, 0.15) is 0 Å². The summed E-state index contributed by atoms with van der Waals surface area (Å²) in [5.74, 6) is 3.19. The van der Waals surface area contributed by atoms with Gasteiger partial charge in [-0.25, -0.2) is 0 Å². The summed E-state index contributed by atoms with van der Waals surface area (Å²) in [6, 6.07) is 0. The van der Waals surface area contributed by atoms with Crippen molar-refractivity contribution in [2.24, 2.45) is 5.92 Å². The molecule has 0 spiro atoms. The average Bonchev–Trinajstić information content (AvgIpc) is 3.09. The Balaban J connectivity index is 1.79. The van der Waals surface area contributed by atoms with Crippen LogP contribution in [0.2, 0.25) is 0 Å². The normalized spacial score (nSPS) is 34.5. The molecule has 1 saturated heterocycles. The minimum absolute atomic E-state index is 0.0858. The van der Waals surface area contributed by atoms with Crippen LogP contribution in [0.5, 0.6) is 0 Å². The number of hydrogen-bond donors (Lipinski definition) is 1. The van der Waals surface area contributed by atoms with Crippen LogP contribution in [0.1, 0.15) is 76.4 Å². The Bertz CT molecular complexity index is 431. The van der Waals surface area contributed by atoms with Crippen LogP contribution in [-0.4, -0.2) is 23.2 Å². The molecule has 3 rings (SSSR count). The summed E-state index contributed by atoms with van der Waals surface area (Å²) in [7, 11) is 0. The van der Waals surface area contributed by atoms with Gasteiger partial charge in [-0.15, -0.1) is 0 Å². The van der Waals surface area contributed by atoms with E-state index in [4.69, 9.17) is 9.51 Å². The largest absolute Gasteiger partial charge is 0.339 e. The van der Waals surface area contributed by atoms with E-state index in [1.54, 1.807) is 0 Å². The van der Waals surface area contributed by atoms with Gasteiger partial charge in [0.05, 0.1) is 5.41 Å². The minimum atomic E-state index is 0.0858. The second-order valence-electron chi connectivity index (χ2n) is 6.88. The number of rotatable bonds is 4. The van der Waals surface area contributed by atoms with Gasteiger partial charge in [-0.3, -0.25) is 0 Å². The van der Waals surface area contributed by atoms with E-state index in [9.17, 15) is 0 Å². The topological polar surface area (TPSA) is 51.0 Å². The monoisotopic (exact) mass is 277 g/mol.